The zero-order valence-electron chi connectivity index (χ0n) is 18.4. The van der Waals surface area contributed by atoms with E-state index in [1.54, 1.807) is 0 Å². The highest BCUT2D eigenvalue weighted by molar-refractivity contribution is 7.68. The molecule has 1 aliphatic rings. The van der Waals surface area contributed by atoms with Crippen molar-refractivity contribution in [3.63, 3.8) is 0 Å². The number of hydrogen-bond donors (Lipinski definition) is 1. The first kappa shape index (κ1) is 22.8. The van der Waals surface area contributed by atoms with Gasteiger partial charge in [-0.2, -0.15) is 0 Å². The van der Waals surface area contributed by atoms with Crippen LogP contribution in [0.4, 0.5) is 0 Å². The fourth-order valence-corrected chi connectivity index (χ4v) is 4.25. The second kappa shape index (κ2) is 11.0. The summed E-state index contributed by atoms with van der Waals surface area (Å²) in [5, 5.41) is 3.41. The lowest BCUT2D eigenvalue weighted by Crippen LogP contribution is -2.28. The zero-order chi connectivity index (χ0) is 22.2. The summed E-state index contributed by atoms with van der Waals surface area (Å²) in [6, 6.07) is 16.3. The lowest BCUT2D eigenvalue weighted by Gasteiger charge is -2.15. The van der Waals surface area contributed by atoms with Crippen molar-refractivity contribution in [3.8, 4) is 0 Å². The monoisotopic (exact) mass is 431 g/mol. The van der Waals surface area contributed by atoms with Crippen LogP contribution in [-0.2, 0) is 22.4 Å². The first-order valence-corrected chi connectivity index (χ1v) is 11.4. The molecule has 1 N–H and O–H groups in total. The molecule has 5 heteroatoms. The average molecular weight is 432 g/mol. The highest BCUT2D eigenvalue weighted by Crippen LogP contribution is 2.29. The van der Waals surface area contributed by atoms with Gasteiger partial charge in [-0.1, -0.05) is 88.5 Å². The van der Waals surface area contributed by atoms with Crippen molar-refractivity contribution >= 4 is 21.9 Å². The molecule has 0 aromatic heterocycles. The van der Waals surface area contributed by atoms with Crippen LogP contribution in [0.1, 0.15) is 42.0 Å². The van der Waals surface area contributed by atoms with Crippen molar-refractivity contribution in [1.82, 2.24) is 9.48 Å². The second-order valence-corrected chi connectivity index (χ2v) is 8.89. The summed E-state index contributed by atoms with van der Waals surface area (Å²) in [7, 11) is 0. The van der Waals surface area contributed by atoms with E-state index in [0.29, 0.717) is 25.3 Å². The average Bonchev–Trinajstić information content (AvgIpc) is 3.10. The number of ketones is 1. The Bertz CT molecular complexity index is 1100. The fourth-order valence-electron chi connectivity index (χ4n) is 3.79. The van der Waals surface area contributed by atoms with Gasteiger partial charge in [-0.25, -0.2) is 0 Å². The van der Waals surface area contributed by atoms with E-state index >= 15 is 0 Å². The van der Waals surface area contributed by atoms with Gasteiger partial charge in [0.25, 0.3) is 11.1 Å². The van der Waals surface area contributed by atoms with Crippen LogP contribution in [0.15, 0.2) is 71.8 Å². The molecule has 0 heterocycles. The van der Waals surface area contributed by atoms with E-state index < -0.39 is 0 Å². The topological polar surface area (TPSA) is 65.5 Å². The van der Waals surface area contributed by atoms with Gasteiger partial charge in [0.2, 0.25) is 0 Å². The number of carbonyl (C=O) groups excluding carboxylic acids is 1. The normalized spacial score (nSPS) is 15.1. The van der Waals surface area contributed by atoms with Crippen molar-refractivity contribution in [1.29, 1.82) is 0 Å². The van der Waals surface area contributed by atoms with Crippen LogP contribution in [0.3, 0.4) is 0 Å². The number of carbonyl (C=O) groups is 1. The van der Waals surface area contributed by atoms with Gasteiger partial charge < -0.3 is 5.53 Å². The van der Waals surface area contributed by atoms with Crippen LogP contribution in [0.25, 0.3) is 5.53 Å². The SMILES string of the molecule is Cc1ccc(C(NCC2=CC=C(CCC(=O)Cc3cccc(C)c3)C2C)=S=[N+]=[N-])cc1. The Labute approximate surface area is 188 Å². The van der Waals surface area contributed by atoms with Gasteiger partial charge in [-0.05, 0) is 37.3 Å². The highest BCUT2D eigenvalue weighted by atomic mass is 32.1. The maximum Gasteiger partial charge on any atom is 0.277 e. The van der Waals surface area contributed by atoms with Gasteiger partial charge in [0.05, 0.1) is 0 Å². The van der Waals surface area contributed by atoms with Gasteiger partial charge in [0.1, 0.15) is 5.78 Å². The van der Waals surface area contributed by atoms with Crippen molar-refractivity contribution in [2.75, 3.05) is 6.54 Å². The predicted molar refractivity (Wildman–Crippen MR) is 131 cm³/mol. The van der Waals surface area contributed by atoms with Gasteiger partial charge >= 0.3 is 0 Å². The Hall–Kier alpha value is -2.85. The Kier molecular flexibility index (Phi) is 8.07. The van der Waals surface area contributed by atoms with Gasteiger partial charge in [-0.3, -0.25) is 10.1 Å². The summed E-state index contributed by atoms with van der Waals surface area (Å²) in [5.41, 5.74) is 16.1. The summed E-state index contributed by atoms with van der Waals surface area (Å²) in [5.74, 6) is 0.579. The molecule has 0 radical (unpaired) electrons. The number of benzene rings is 2. The fraction of sp³-hybridized carbons (Fsp3) is 0.308. The van der Waals surface area contributed by atoms with Crippen molar-refractivity contribution in [2.45, 2.75) is 40.0 Å². The number of allylic oxidation sites excluding steroid dienone is 3. The van der Waals surface area contributed by atoms with Crippen LogP contribution < -0.4 is 9.48 Å². The number of nitrogens with zero attached hydrogens (tertiary/aromatic N) is 2. The minimum Gasteiger partial charge on any atom is -0.342 e. The van der Waals surface area contributed by atoms with Crippen LogP contribution in [0, 0.1) is 19.8 Å². The molecule has 1 atom stereocenters. The van der Waals surface area contributed by atoms with E-state index in [-0.39, 0.29) is 5.78 Å². The molecule has 1 unspecified atom stereocenters. The summed E-state index contributed by atoms with van der Waals surface area (Å²) in [4.78, 5) is 13.3. The van der Waals surface area contributed by atoms with Gasteiger partial charge in [0.15, 0.2) is 4.99 Å². The van der Waals surface area contributed by atoms with E-state index in [2.05, 4.69) is 47.6 Å². The molecule has 2 aromatic rings. The molecule has 3 rings (SSSR count). The lowest BCUT2D eigenvalue weighted by molar-refractivity contribution is -0.118. The highest BCUT2D eigenvalue weighted by Gasteiger charge is 2.20. The van der Waals surface area contributed by atoms with E-state index in [9.17, 15) is 4.79 Å². The van der Waals surface area contributed by atoms with Gasteiger partial charge in [0, 0.05) is 24.9 Å². The van der Waals surface area contributed by atoms with E-state index in [4.69, 9.17) is 5.53 Å². The zero-order valence-corrected chi connectivity index (χ0v) is 19.2. The van der Waals surface area contributed by atoms with Gasteiger partial charge in [-0.15, -0.1) is 0 Å². The summed E-state index contributed by atoms with van der Waals surface area (Å²) in [6.07, 6.45) is 6.16. The minimum atomic E-state index is 0.279. The summed E-state index contributed by atoms with van der Waals surface area (Å²) >= 11 is 1.03. The van der Waals surface area contributed by atoms with E-state index in [1.807, 2.05) is 43.3 Å². The van der Waals surface area contributed by atoms with E-state index in [0.717, 1.165) is 33.7 Å². The van der Waals surface area contributed by atoms with Crippen molar-refractivity contribution in [3.05, 3.63) is 99.6 Å². The molecule has 31 heavy (non-hydrogen) atoms. The third-order valence-corrected chi connectivity index (χ3v) is 6.34. The minimum absolute atomic E-state index is 0.279. The third kappa shape index (κ3) is 6.56. The quantitative estimate of drug-likeness (QED) is 0.370. The summed E-state index contributed by atoms with van der Waals surface area (Å²) in [6.45, 7) is 6.95. The molecular formula is C26H29N3OS. The van der Waals surface area contributed by atoms with E-state index in [1.165, 1.54) is 22.3 Å². The molecule has 1 aliphatic carbocycles. The maximum absolute atomic E-state index is 12.4. The molecule has 0 aliphatic heterocycles. The molecule has 0 spiro atoms. The number of nitrogens with one attached hydrogen (secondary N) is 1. The largest absolute Gasteiger partial charge is 0.342 e. The third-order valence-electron chi connectivity index (χ3n) is 5.70. The standard InChI is InChI=1S/C26H29N3OS/c1-18-7-9-23(10-8-18)26(31-29-27)28-17-24-12-11-22(20(24)3)13-14-25(30)16-21-6-4-5-19(2)15-21/h4-12,15,20,28H,13-14,16-17H2,1-3H3. The first-order valence-electron chi connectivity index (χ1n) is 10.6. The second-order valence-electron chi connectivity index (χ2n) is 8.13. The Morgan fingerprint density at radius 3 is 2.52 bits per heavy atom. The molecule has 0 bridgehead atoms. The molecule has 0 saturated carbocycles. The molecule has 160 valence electrons. The summed E-state index contributed by atoms with van der Waals surface area (Å²) < 4.78 is 3.25. The molecule has 0 amide bonds. The smallest absolute Gasteiger partial charge is 0.277 e. The molecule has 2 aromatic carbocycles. The van der Waals surface area contributed by atoms with Crippen LogP contribution in [0.2, 0.25) is 0 Å². The molecular weight excluding hydrogens is 402 g/mol. The Balaban J connectivity index is 1.51. The Morgan fingerprint density at radius 2 is 1.81 bits per heavy atom. The molecule has 4 nitrogen and oxygen atoms in total. The number of Topliss-reactive ketones (excluding diaryl/α,β-unsaturated/α-hetero) is 1. The molecule has 0 saturated heterocycles. The number of hydrogen-bond acceptors (Lipinski definition) is 1. The van der Waals surface area contributed by atoms with Crippen LogP contribution >= 0.6 is 0 Å². The number of aryl methyl sites for hydroxylation is 2. The van der Waals surface area contributed by atoms with Crippen LogP contribution in [0.5, 0.6) is 0 Å². The number of rotatable bonds is 8. The van der Waals surface area contributed by atoms with Crippen molar-refractivity contribution < 1.29 is 4.79 Å². The first-order chi connectivity index (χ1) is 15.0. The maximum atomic E-state index is 12.4. The lowest BCUT2D eigenvalue weighted by atomic mass is 9.93. The van der Waals surface area contributed by atoms with Crippen LogP contribution in [-0.4, -0.2) is 17.3 Å². The molecule has 0 fully saturated rings. The predicted octanol–water partition coefficient (Wildman–Crippen LogP) is 4.82. The Morgan fingerprint density at radius 1 is 1.06 bits per heavy atom. The van der Waals surface area contributed by atoms with Crippen molar-refractivity contribution in [2.24, 2.45) is 5.92 Å².